The Morgan fingerprint density at radius 3 is 2.92 bits per heavy atom. The van der Waals surface area contributed by atoms with Gasteiger partial charge in [0.2, 0.25) is 0 Å². The number of aromatic nitrogens is 1. The van der Waals surface area contributed by atoms with Gasteiger partial charge >= 0.3 is 0 Å². The Labute approximate surface area is 78.8 Å². The van der Waals surface area contributed by atoms with E-state index in [4.69, 9.17) is 5.26 Å². The first kappa shape index (κ1) is 8.37. The summed E-state index contributed by atoms with van der Waals surface area (Å²) in [6, 6.07) is 6.05. The average molecular weight is 174 g/mol. The van der Waals surface area contributed by atoms with Crippen LogP contribution in [0, 0.1) is 17.2 Å². The van der Waals surface area contributed by atoms with Crippen LogP contribution in [0.3, 0.4) is 0 Å². The summed E-state index contributed by atoms with van der Waals surface area (Å²) in [4.78, 5) is 0. The number of hydrogen-bond donors (Lipinski definition) is 0. The fraction of sp³-hybridized carbons (Fsp3) is 0.545. The van der Waals surface area contributed by atoms with Crippen LogP contribution in [0.15, 0.2) is 18.3 Å². The minimum atomic E-state index is 0.798. The molecule has 0 N–H and O–H groups in total. The van der Waals surface area contributed by atoms with Crippen molar-refractivity contribution in [1.82, 2.24) is 4.57 Å². The van der Waals surface area contributed by atoms with Gasteiger partial charge in [-0.2, -0.15) is 5.26 Å². The van der Waals surface area contributed by atoms with Crippen molar-refractivity contribution in [3.8, 4) is 6.07 Å². The second-order valence-electron chi connectivity index (χ2n) is 3.81. The summed E-state index contributed by atoms with van der Waals surface area (Å²) in [7, 11) is 0. The largest absolute Gasteiger partial charge is 0.339 e. The highest BCUT2D eigenvalue weighted by Gasteiger charge is 2.15. The second-order valence-corrected chi connectivity index (χ2v) is 3.81. The molecule has 0 radical (unpaired) electrons. The lowest BCUT2D eigenvalue weighted by atomic mass is 10.1. The van der Waals surface area contributed by atoms with Gasteiger partial charge in [-0.3, -0.25) is 0 Å². The molecule has 1 aromatic rings. The molecule has 1 heterocycles. The van der Waals surface area contributed by atoms with Crippen molar-refractivity contribution in [3.63, 3.8) is 0 Å². The van der Waals surface area contributed by atoms with Gasteiger partial charge in [0.1, 0.15) is 11.8 Å². The molecule has 0 aliphatic heterocycles. The summed E-state index contributed by atoms with van der Waals surface area (Å²) >= 11 is 0. The minimum Gasteiger partial charge on any atom is -0.339 e. The van der Waals surface area contributed by atoms with Gasteiger partial charge in [0.05, 0.1) is 0 Å². The van der Waals surface area contributed by atoms with Gasteiger partial charge in [-0.1, -0.05) is 12.8 Å². The molecule has 0 aromatic carbocycles. The predicted octanol–water partition coefficient (Wildman–Crippen LogP) is 2.55. The van der Waals surface area contributed by atoms with Crippen molar-refractivity contribution >= 4 is 0 Å². The molecule has 1 aliphatic carbocycles. The van der Waals surface area contributed by atoms with E-state index in [-0.39, 0.29) is 0 Å². The lowest BCUT2D eigenvalue weighted by Gasteiger charge is -2.10. The zero-order chi connectivity index (χ0) is 9.10. The Morgan fingerprint density at radius 1 is 1.46 bits per heavy atom. The van der Waals surface area contributed by atoms with Gasteiger partial charge in [-0.15, -0.1) is 0 Å². The summed E-state index contributed by atoms with van der Waals surface area (Å²) in [5, 5.41) is 8.81. The zero-order valence-corrected chi connectivity index (χ0v) is 7.74. The predicted molar refractivity (Wildman–Crippen MR) is 51.1 cm³/mol. The Kier molecular flexibility index (Phi) is 2.35. The van der Waals surface area contributed by atoms with E-state index in [1.807, 2.05) is 18.3 Å². The fourth-order valence-electron chi connectivity index (χ4n) is 2.15. The van der Waals surface area contributed by atoms with Gasteiger partial charge < -0.3 is 4.57 Å². The summed E-state index contributed by atoms with van der Waals surface area (Å²) in [6.07, 6.45) is 7.42. The third-order valence-electron chi connectivity index (χ3n) is 2.87. The van der Waals surface area contributed by atoms with Gasteiger partial charge in [-0.25, -0.2) is 0 Å². The van der Waals surface area contributed by atoms with Crippen molar-refractivity contribution in [2.45, 2.75) is 32.2 Å². The molecular weight excluding hydrogens is 160 g/mol. The standard InChI is InChI=1S/C11H14N2/c12-8-11-6-3-7-13(11)9-10-4-1-2-5-10/h3,6-7,10H,1-2,4-5,9H2. The number of rotatable bonds is 2. The van der Waals surface area contributed by atoms with E-state index in [0.29, 0.717) is 0 Å². The van der Waals surface area contributed by atoms with Crippen LogP contribution >= 0.6 is 0 Å². The highest BCUT2D eigenvalue weighted by Crippen LogP contribution is 2.26. The molecule has 68 valence electrons. The van der Waals surface area contributed by atoms with Crippen LogP contribution < -0.4 is 0 Å². The topological polar surface area (TPSA) is 28.7 Å². The molecule has 1 aromatic heterocycles. The molecule has 0 atom stereocenters. The van der Waals surface area contributed by atoms with Gasteiger partial charge in [-0.05, 0) is 30.9 Å². The Bertz CT molecular complexity index is 313. The van der Waals surface area contributed by atoms with Crippen molar-refractivity contribution in [1.29, 1.82) is 5.26 Å². The molecule has 2 rings (SSSR count). The van der Waals surface area contributed by atoms with E-state index in [2.05, 4.69) is 10.6 Å². The summed E-state index contributed by atoms with van der Waals surface area (Å²) in [5.41, 5.74) is 0.798. The molecule has 0 spiro atoms. The van der Waals surface area contributed by atoms with Crippen LogP contribution in [0.1, 0.15) is 31.4 Å². The summed E-state index contributed by atoms with van der Waals surface area (Å²) < 4.78 is 2.08. The first-order valence-electron chi connectivity index (χ1n) is 4.95. The van der Waals surface area contributed by atoms with E-state index >= 15 is 0 Å². The quantitative estimate of drug-likeness (QED) is 0.677. The minimum absolute atomic E-state index is 0.798. The number of nitriles is 1. The second kappa shape index (κ2) is 3.66. The van der Waals surface area contributed by atoms with Crippen molar-refractivity contribution in [3.05, 3.63) is 24.0 Å². The van der Waals surface area contributed by atoms with E-state index in [9.17, 15) is 0 Å². The highest BCUT2D eigenvalue weighted by atomic mass is 15.0. The molecule has 2 heteroatoms. The van der Waals surface area contributed by atoms with Gasteiger partial charge in [0.15, 0.2) is 0 Å². The molecule has 13 heavy (non-hydrogen) atoms. The maximum absolute atomic E-state index is 8.81. The maximum Gasteiger partial charge on any atom is 0.120 e. The maximum atomic E-state index is 8.81. The molecule has 0 saturated heterocycles. The van der Waals surface area contributed by atoms with Crippen LogP contribution in [-0.2, 0) is 6.54 Å². The molecule has 1 saturated carbocycles. The average Bonchev–Trinajstić information content (AvgIpc) is 2.76. The van der Waals surface area contributed by atoms with Crippen LogP contribution in [0.4, 0.5) is 0 Å². The van der Waals surface area contributed by atoms with Gasteiger partial charge in [0.25, 0.3) is 0 Å². The van der Waals surface area contributed by atoms with Crippen molar-refractivity contribution in [2.75, 3.05) is 0 Å². The Morgan fingerprint density at radius 2 is 2.23 bits per heavy atom. The number of nitrogens with zero attached hydrogens (tertiary/aromatic N) is 2. The van der Waals surface area contributed by atoms with Crippen molar-refractivity contribution < 1.29 is 0 Å². The van der Waals surface area contributed by atoms with E-state index < -0.39 is 0 Å². The smallest absolute Gasteiger partial charge is 0.120 e. The van der Waals surface area contributed by atoms with Gasteiger partial charge in [0, 0.05) is 12.7 Å². The molecule has 0 bridgehead atoms. The van der Waals surface area contributed by atoms with E-state index in [0.717, 1.165) is 18.2 Å². The molecule has 1 aliphatic rings. The first-order chi connectivity index (χ1) is 6.40. The van der Waals surface area contributed by atoms with Crippen molar-refractivity contribution in [2.24, 2.45) is 5.92 Å². The molecular formula is C11H14N2. The van der Waals surface area contributed by atoms with Crippen LogP contribution in [0.2, 0.25) is 0 Å². The lowest BCUT2D eigenvalue weighted by Crippen LogP contribution is -2.07. The molecule has 2 nitrogen and oxygen atoms in total. The van der Waals surface area contributed by atoms with Crippen LogP contribution in [0.25, 0.3) is 0 Å². The first-order valence-corrected chi connectivity index (χ1v) is 4.95. The third kappa shape index (κ3) is 1.75. The third-order valence-corrected chi connectivity index (χ3v) is 2.87. The van der Waals surface area contributed by atoms with Crippen LogP contribution in [-0.4, -0.2) is 4.57 Å². The summed E-state index contributed by atoms with van der Waals surface area (Å²) in [6.45, 7) is 1.04. The summed E-state index contributed by atoms with van der Waals surface area (Å²) in [5.74, 6) is 0.805. The molecule has 0 amide bonds. The zero-order valence-electron chi connectivity index (χ0n) is 7.74. The number of hydrogen-bond acceptors (Lipinski definition) is 1. The van der Waals surface area contributed by atoms with Crippen LogP contribution in [0.5, 0.6) is 0 Å². The monoisotopic (exact) mass is 174 g/mol. The normalized spacial score (nSPS) is 17.5. The fourth-order valence-corrected chi connectivity index (χ4v) is 2.15. The SMILES string of the molecule is N#Cc1cccn1CC1CCCC1. The lowest BCUT2D eigenvalue weighted by molar-refractivity contribution is 0.456. The van der Waals surface area contributed by atoms with E-state index in [1.54, 1.807) is 0 Å². The van der Waals surface area contributed by atoms with E-state index in [1.165, 1.54) is 25.7 Å². The highest BCUT2D eigenvalue weighted by molar-refractivity contribution is 5.21. The Balaban J connectivity index is 2.04. The molecule has 0 unspecified atom stereocenters. The Hall–Kier alpha value is -1.23. The molecule has 1 fully saturated rings.